The Morgan fingerprint density at radius 3 is 1.64 bits per heavy atom. The van der Waals surface area contributed by atoms with Gasteiger partial charge in [-0.25, -0.2) is 0 Å². The average Bonchev–Trinajstić information content (AvgIpc) is 3.67. The number of hydrogen-bond acceptors (Lipinski definition) is 12. The molecule has 7 amide bonds. The molecule has 0 unspecified atom stereocenters. The third-order valence-corrected chi connectivity index (χ3v) is 9.58. The van der Waals surface area contributed by atoms with Crippen molar-refractivity contribution in [1.29, 1.82) is 0 Å². The number of nitrogens with two attached hydrogens (primary N) is 1. The molecule has 1 heterocycles. The average molecular weight is 835 g/mol. The highest BCUT2D eigenvalue weighted by Gasteiger charge is 2.39. The lowest BCUT2D eigenvalue weighted by molar-refractivity contribution is -0.141. The van der Waals surface area contributed by atoms with Gasteiger partial charge >= 0.3 is 5.97 Å². The largest absolute Gasteiger partial charge is 0.508 e. The van der Waals surface area contributed by atoms with E-state index < -0.39 is 103 Å². The van der Waals surface area contributed by atoms with Crippen molar-refractivity contribution < 1.29 is 58.8 Å². The van der Waals surface area contributed by atoms with E-state index in [4.69, 9.17) is 10.8 Å². The maximum atomic E-state index is 13.8. The van der Waals surface area contributed by atoms with E-state index in [1.807, 2.05) is 13.8 Å². The molecule has 1 saturated heterocycles. The van der Waals surface area contributed by atoms with Gasteiger partial charge in [-0.2, -0.15) is 0 Å². The third kappa shape index (κ3) is 16.1. The van der Waals surface area contributed by atoms with Gasteiger partial charge in [0.05, 0.1) is 19.3 Å². The number of rotatable bonds is 23. The van der Waals surface area contributed by atoms with Crippen LogP contribution in [0.4, 0.5) is 0 Å². The van der Waals surface area contributed by atoms with Crippen molar-refractivity contribution in [2.75, 3.05) is 26.3 Å². The second-order valence-corrected chi connectivity index (χ2v) is 15.9. The molecule has 2 rings (SSSR count). The number of aliphatic carboxylic acids is 1. The van der Waals surface area contributed by atoms with Crippen LogP contribution < -0.4 is 37.6 Å². The van der Waals surface area contributed by atoms with Crippen molar-refractivity contribution in [2.24, 2.45) is 23.5 Å². The molecule has 20 nitrogen and oxygen atoms in total. The van der Waals surface area contributed by atoms with Crippen LogP contribution >= 0.6 is 0 Å². The van der Waals surface area contributed by atoms with Crippen LogP contribution in [0.2, 0.25) is 0 Å². The van der Waals surface area contributed by atoms with E-state index in [0.717, 1.165) is 0 Å². The molecule has 1 aliphatic rings. The molecule has 0 saturated carbocycles. The molecule has 0 aromatic heterocycles. The zero-order chi connectivity index (χ0) is 44.6. The minimum Gasteiger partial charge on any atom is -0.508 e. The Labute approximate surface area is 343 Å². The second kappa shape index (κ2) is 23.9. The summed E-state index contributed by atoms with van der Waals surface area (Å²) in [5, 5.41) is 53.2. The highest BCUT2D eigenvalue weighted by atomic mass is 16.4. The van der Waals surface area contributed by atoms with Crippen molar-refractivity contribution in [3.8, 4) is 5.75 Å². The number of nitrogens with one attached hydrogen (secondary N) is 6. The number of amides is 7. The van der Waals surface area contributed by atoms with E-state index >= 15 is 0 Å². The van der Waals surface area contributed by atoms with E-state index in [1.54, 1.807) is 27.7 Å². The first-order chi connectivity index (χ1) is 27.7. The van der Waals surface area contributed by atoms with E-state index in [9.17, 15) is 53.7 Å². The number of carbonyl (C=O) groups excluding carboxylic acids is 7. The number of nitrogens with zero attached hydrogens (tertiary/aromatic N) is 1. The summed E-state index contributed by atoms with van der Waals surface area (Å²) in [5.74, 6) is -7.42. The summed E-state index contributed by atoms with van der Waals surface area (Å²) in [4.78, 5) is 106. The number of likely N-dealkylation sites (tertiary alicyclic amines) is 1. The first kappa shape index (κ1) is 49.8. The Morgan fingerprint density at radius 2 is 1.15 bits per heavy atom. The summed E-state index contributed by atoms with van der Waals surface area (Å²) in [7, 11) is 0. The summed E-state index contributed by atoms with van der Waals surface area (Å²) in [6.07, 6.45) is 0.901. The molecule has 59 heavy (non-hydrogen) atoms. The Morgan fingerprint density at radius 1 is 0.695 bits per heavy atom. The maximum absolute atomic E-state index is 13.8. The minimum atomic E-state index is -1.59. The van der Waals surface area contributed by atoms with E-state index in [2.05, 4.69) is 31.9 Å². The van der Waals surface area contributed by atoms with Gasteiger partial charge in [-0.3, -0.25) is 38.4 Å². The Hall–Kier alpha value is -5.34. The first-order valence-corrected chi connectivity index (χ1v) is 19.8. The molecule has 0 radical (unpaired) electrons. The number of phenols is 1. The zero-order valence-electron chi connectivity index (χ0n) is 34.5. The number of aromatic hydroxyl groups is 1. The molecule has 7 atom stereocenters. The van der Waals surface area contributed by atoms with Gasteiger partial charge in [0, 0.05) is 13.0 Å². The van der Waals surface area contributed by atoms with E-state index in [0.29, 0.717) is 24.9 Å². The van der Waals surface area contributed by atoms with Crippen LogP contribution in [0.15, 0.2) is 24.3 Å². The zero-order valence-corrected chi connectivity index (χ0v) is 34.5. The van der Waals surface area contributed by atoms with Gasteiger partial charge in [-0.15, -0.1) is 0 Å². The summed E-state index contributed by atoms with van der Waals surface area (Å²) in [6, 6.07) is -3.11. The van der Waals surface area contributed by atoms with Gasteiger partial charge < -0.3 is 63.0 Å². The molecule has 1 aliphatic heterocycles. The summed E-state index contributed by atoms with van der Waals surface area (Å²) < 4.78 is 0. The van der Waals surface area contributed by atoms with Gasteiger partial charge in [0.25, 0.3) is 0 Å². The lowest BCUT2D eigenvalue weighted by Gasteiger charge is -2.30. The second-order valence-electron chi connectivity index (χ2n) is 15.9. The monoisotopic (exact) mass is 834 g/mol. The minimum absolute atomic E-state index is 0.0250. The lowest BCUT2D eigenvalue weighted by atomic mass is 10.00. The predicted molar refractivity (Wildman–Crippen MR) is 213 cm³/mol. The number of carbonyl (C=O) groups is 8. The maximum Gasteiger partial charge on any atom is 0.322 e. The lowest BCUT2D eigenvalue weighted by Crippen LogP contribution is -2.61. The number of phenolic OH excluding ortho intramolecular Hbond substituents is 1. The predicted octanol–water partition coefficient (Wildman–Crippen LogP) is -2.39. The van der Waals surface area contributed by atoms with Crippen molar-refractivity contribution in [2.45, 2.75) is 116 Å². The fourth-order valence-electron chi connectivity index (χ4n) is 6.29. The molecule has 0 bridgehead atoms. The van der Waals surface area contributed by atoms with Crippen LogP contribution in [0.1, 0.15) is 72.8 Å². The van der Waals surface area contributed by atoms with Crippen LogP contribution in [0.5, 0.6) is 5.75 Å². The van der Waals surface area contributed by atoms with Crippen LogP contribution in [0, 0.1) is 17.8 Å². The number of aliphatic hydroxyl groups is 2. The van der Waals surface area contributed by atoms with Crippen molar-refractivity contribution in [3.05, 3.63) is 29.8 Å². The van der Waals surface area contributed by atoms with Crippen LogP contribution in [-0.2, 0) is 44.8 Å². The van der Waals surface area contributed by atoms with Crippen LogP contribution in [-0.4, -0.2) is 141 Å². The molecule has 1 aromatic rings. The Bertz CT molecular complexity index is 1620. The normalized spacial score (nSPS) is 16.9. The van der Waals surface area contributed by atoms with E-state index in [1.165, 1.54) is 29.2 Å². The van der Waals surface area contributed by atoms with Gasteiger partial charge in [0.15, 0.2) is 0 Å². The van der Waals surface area contributed by atoms with Gasteiger partial charge in [-0.05, 0) is 61.1 Å². The van der Waals surface area contributed by atoms with Crippen LogP contribution in [0.3, 0.4) is 0 Å². The fraction of sp³-hybridized carbons (Fsp3) is 0.641. The third-order valence-electron chi connectivity index (χ3n) is 9.58. The van der Waals surface area contributed by atoms with Crippen molar-refractivity contribution in [1.82, 2.24) is 36.8 Å². The number of carboxylic acids is 1. The van der Waals surface area contributed by atoms with Gasteiger partial charge in [0.2, 0.25) is 41.4 Å². The van der Waals surface area contributed by atoms with E-state index in [-0.39, 0.29) is 48.7 Å². The molecule has 1 aromatic carbocycles. The number of carboxylic acid groups (broad SMARTS) is 1. The molecule has 20 heteroatoms. The van der Waals surface area contributed by atoms with Crippen LogP contribution in [0.25, 0.3) is 0 Å². The highest BCUT2D eigenvalue weighted by Crippen LogP contribution is 2.21. The molecule has 330 valence electrons. The quantitative estimate of drug-likeness (QED) is 0.0549. The molecule has 12 N–H and O–H groups in total. The van der Waals surface area contributed by atoms with Gasteiger partial charge in [0.1, 0.15) is 48.5 Å². The Kier molecular flexibility index (Phi) is 20.2. The standard InChI is InChI=1S/C39H62N8O12/c1-20(2)14-25(34(54)43-27(16-23-9-11-24(50)12-10-23)36(56)45-28(18-48)33(53)41-17-31(51)52)42-37(57)29(19-49)46-35(55)26(15-21(3)4)44-38(58)30-8-7-13-47(30)39(59)32(40)22(5)6/h9-12,20-22,25-30,32,48-50H,7-8,13-19,40H2,1-6H3,(H,41,53)(H,42,57)(H,43,54)(H,44,58)(H,45,56)(H,46,55)(H,51,52)/t25-,26-,27-,28-,29-,30-,32-/m0/s1. The molecule has 1 fully saturated rings. The fourth-order valence-corrected chi connectivity index (χ4v) is 6.29. The first-order valence-electron chi connectivity index (χ1n) is 19.8. The van der Waals surface area contributed by atoms with Crippen molar-refractivity contribution in [3.63, 3.8) is 0 Å². The summed E-state index contributed by atoms with van der Waals surface area (Å²) in [5.41, 5.74) is 6.54. The number of benzene rings is 1. The molecule has 0 spiro atoms. The molecule has 0 aliphatic carbocycles. The van der Waals surface area contributed by atoms with Gasteiger partial charge in [-0.1, -0.05) is 53.7 Å². The topological polar surface area (TPSA) is 319 Å². The Balaban J connectivity index is 2.27. The summed E-state index contributed by atoms with van der Waals surface area (Å²) >= 11 is 0. The summed E-state index contributed by atoms with van der Waals surface area (Å²) in [6.45, 7) is 8.48. The molecular weight excluding hydrogens is 772 g/mol. The molecular formula is C39H62N8O12. The SMILES string of the molecule is CC(C)C[C@H](NC(=O)[C@H](CO)NC(=O)[C@H](CC(C)C)NC(=O)[C@@H]1CCCN1C(=O)[C@@H](N)C(C)C)C(=O)N[C@@H](Cc1ccc(O)cc1)C(=O)N[C@@H](CO)C(=O)NCC(=O)O. The number of aliphatic hydroxyl groups excluding tert-OH is 2. The number of hydrogen-bond donors (Lipinski definition) is 11. The van der Waals surface area contributed by atoms with Crippen molar-refractivity contribution >= 4 is 47.3 Å². The highest BCUT2D eigenvalue weighted by molar-refractivity contribution is 5.97. The smallest absolute Gasteiger partial charge is 0.322 e.